The zero-order valence-electron chi connectivity index (χ0n) is 12.3. The van der Waals surface area contributed by atoms with Crippen LogP contribution in [-0.4, -0.2) is 25.9 Å². The van der Waals surface area contributed by atoms with E-state index < -0.39 is 28.8 Å². The van der Waals surface area contributed by atoms with Crippen molar-refractivity contribution in [1.82, 2.24) is 20.2 Å². The zero-order valence-corrected chi connectivity index (χ0v) is 12.3. The normalized spacial score (nSPS) is 10.7. The van der Waals surface area contributed by atoms with Crippen molar-refractivity contribution >= 4 is 17.4 Å². The first-order chi connectivity index (χ1) is 11.4. The lowest BCUT2D eigenvalue weighted by Crippen LogP contribution is -2.11. The summed E-state index contributed by atoms with van der Waals surface area (Å²) >= 11 is 0. The molecule has 0 amide bonds. The molecule has 0 aliphatic rings. The maximum Gasteiger partial charge on any atom is 0.233 e. The number of carbonyl (C=O) groups excluding carboxylic acids is 1. The summed E-state index contributed by atoms with van der Waals surface area (Å²) in [4.78, 5) is 19.9. The van der Waals surface area contributed by atoms with Gasteiger partial charge in [-0.05, 0) is 19.1 Å². The molecule has 0 radical (unpaired) electrons. The highest BCUT2D eigenvalue weighted by molar-refractivity contribution is 6.06. The summed E-state index contributed by atoms with van der Waals surface area (Å²) in [5.41, 5.74) is 0.161. The van der Waals surface area contributed by atoms with E-state index in [-0.39, 0.29) is 11.6 Å². The van der Waals surface area contributed by atoms with Gasteiger partial charge < -0.3 is 5.32 Å². The van der Waals surface area contributed by atoms with Crippen molar-refractivity contribution in [3.05, 3.63) is 65.0 Å². The second kappa shape index (κ2) is 6.11. The summed E-state index contributed by atoms with van der Waals surface area (Å²) in [5, 5.41) is 9.50. The Hall–Kier alpha value is -3.23. The Morgan fingerprint density at radius 3 is 2.54 bits per heavy atom. The molecule has 2 N–H and O–H groups in total. The molecule has 3 aromatic rings. The van der Waals surface area contributed by atoms with E-state index in [9.17, 15) is 18.0 Å². The van der Waals surface area contributed by atoms with Crippen molar-refractivity contribution in [2.24, 2.45) is 0 Å². The summed E-state index contributed by atoms with van der Waals surface area (Å²) in [7, 11) is 0. The van der Waals surface area contributed by atoms with Crippen molar-refractivity contribution in [3.8, 4) is 0 Å². The first-order valence-electron chi connectivity index (χ1n) is 6.75. The van der Waals surface area contributed by atoms with Crippen molar-refractivity contribution in [2.75, 3.05) is 5.32 Å². The van der Waals surface area contributed by atoms with Gasteiger partial charge >= 0.3 is 0 Å². The van der Waals surface area contributed by atoms with Gasteiger partial charge in [-0.1, -0.05) is 0 Å². The summed E-state index contributed by atoms with van der Waals surface area (Å²) < 4.78 is 39.9. The number of aromatic nitrogens is 4. The molecule has 0 fully saturated rings. The van der Waals surface area contributed by atoms with E-state index in [0.717, 1.165) is 5.69 Å². The minimum absolute atomic E-state index is 0.239. The van der Waals surface area contributed by atoms with Gasteiger partial charge in [0.1, 0.15) is 11.6 Å². The molecule has 24 heavy (non-hydrogen) atoms. The van der Waals surface area contributed by atoms with E-state index in [4.69, 9.17) is 0 Å². The number of hydrogen-bond acceptors (Lipinski definition) is 5. The number of ketones is 1. The van der Waals surface area contributed by atoms with Crippen LogP contribution in [0.25, 0.3) is 0 Å². The lowest BCUT2D eigenvalue weighted by atomic mass is 10.1. The fourth-order valence-electron chi connectivity index (χ4n) is 1.97. The number of carbonyl (C=O) groups is 1. The molecule has 2 heterocycles. The molecule has 0 bridgehead atoms. The van der Waals surface area contributed by atoms with Crippen LogP contribution in [-0.2, 0) is 0 Å². The minimum Gasteiger partial charge on any atom is -0.323 e. The highest BCUT2D eigenvalue weighted by Gasteiger charge is 2.20. The molecule has 0 unspecified atom stereocenters. The minimum atomic E-state index is -1.38. The van der Waals surface area contributed by atoms with Crippen LogP contribution in [0.3, 0.4) is 0 Å². The van der Waals surface area contributed by atoms with Gasteiger partial charge in [0.05, 0.1) is 5.56 Å². The molecule has 1 aromatic carbocycles. The third kappa shape index (κ3) is 3.09. The second-order valence-corrected chi connectivity index (χ2v) is 4.90. The van der Waals surface area contributed by atoms with Gasteiger partial charge in [0, 0.05) is 24.0 Å². The molecule has 0 spiro atoms. The molecule has 0 atom stereocenters. The summed E-state index contributed by atoms with van der Waals surface area (Å²) in [5.74, 6) is -4.53. The monoisotopic (exact) mass is 333 g/mol. The largest absolute Gasteiger partial charge is 0.323 e. The molecular weight excluding hydrogens is 323 g/mol. The molecule has 0 saturated carbocycles. The number of aryl methyl sites for hydroxylation is 1. The molecule has 0 aliphatic heterocycles. The molecule has 6 nitrogen and oxygen atoms in total. The Morgan fingerprint density at radius 2 is 1.83 bits per heavy atom. The summed E-state index contributed by atoms with van der Waals surface area (Å²) in [6.45, 7) is 1.80. The van der Waals surface area contributed by atoms with E-state index in [1.165, 1.54) is 12.3 Å². The van der Waals surface area contributed by atoms with Crippen LogP contribution in [0.1, 0.15) is 21.9 Å². The molecule has 0 saturated heterocycles. The van der Waals surface area contributed by atoms with Crippen LogP contribution in [0.15, 0.2) is 30.5 Å². The van der Waals surface area contributed by atoms with Crippen molar-refractivity contribution < 1.29 is 18.0 Å². The average molecular weight is 333 g/mol. The Labute approximate surface area is 133 Å². The number of hydrogen-bond donors (Lipinski definition) is 2. The average Bonchev–Trinajstić information content (AvgIpc) is 2.95. The number of halogens is 3. The topological polar surface area (TPSA) is 83.6 Å². The number of rotatable bonds is 4. The van der Waals surface area contributed by atoms with Gasteiger partial charge in [-0.3, -0.25) is 9.89 Å². The van der Waals surface area contributed by atoms with E-state index >= 15 is 0 Å². The number of benzene rings is 1. The predicted octanol–water partition coefficient (Wildman–Crippen LogP) is 2.90. The Balaban J connectivity index is 1.91. The van der Waals surface area contributed by atoms with Gasteiger partial charge in [0.15, 0.2) is 17.5 Å². The third-order valence-corrected chi connectivity index (χ3v) is 3.08. The van der Waals surface area contributed by atoms with Crippen LogP contribution in [0.2, 0.25) is 0 Å². The lowest BCUT2D eigenvalue weighted by molar-refractivity contribution is 0.102. The summed E-state index contributed by atoms with van der Waals surface area (Å²) in [6, 6.07) is 3.96. The fraction of sp³-hybridized carbons (Fsp3) is 0.0667. The molecule has 9 heteroatoms. The predicted molar refractivity (Wildman–Crippen MR) is 78.4 cm³/mol. The molecule has 0 aliphatic carbocycles. The maximum absolute atomic E-state index is 13.7. The van der Waals surface area contributed by atoms with Crippen LogP contribution < -0.4 is 5.32 Å². The molecule has 2 aromatic heterocycles. The van der Waals surface area contributed by atoms with E-state index in [0.29, 0.717) is 18.0 Å². The molecule has 3 rings (SSSR count). The number of anilines is 2. The lowest BCUT2D eigenvalue weighted by Gasteiger charge is -2.05. The Kier molecular flexibility index (Phi) is 3.98. The Morgan fingerprint density at radius 1 is 1.08 bits per heavy atom. The molecule has 122 valence electrons. The summed E-state index contributed by atoms with van der Waals surface area (Å²) in [6.07, 6.45) is 1.28. The van der Waals surface area contributed by atoms with E-state index in [1.807, 2.05) is 0 Å². The SMILES string of the molecule is Cc1cc(Nc2ccnc(C(=O)c3cc(F)c(F)cc3F)n2)n[nH]1. The van der Waals surface area contributed by atoms with Gasteiger partial charge in [0.25, 0.3) is 0 Å². The zero-order chi connectivity index (χ0) is 17.3. The standard InChI is InChI=1S/C15H10F3N5O/c1-7-4-13(23-22-7)20-12-2-3-19-15(21-12)14(24)8-5-10(17)11(18)6-9(8)16/h2-6H,1H3,(H2,19,20,21,22,23). The Bertz CT molecular complexity index is 925. The van der Waals surface area contributed by atoms with Gasteiger partial charge in [0.2, 0.25) is 11.6 Å². The smallest absolute Gasteiger partial charge is 0.233 e. The third-order valence-electron chi connectivity index (χ3n) is 3.08. The van der Waals surface area contributed by atoms with Crippen molar-refractivity contribution in [2.45, 2.75) is 6.92 Å². The highest BCUT2D eigenvalue weighted by atomic mass is 19.2. The maximum atomic E-state index is 13.7. The molecular formula is C15H10F3N5O. The number of aromatic amines is 1. The van der Waals surface area contributed by atoms with Crippen molar-refractivity contribution in [3.63, 3.8) is 0 Å². The highest BCUT2D eigenvalue weighted by Crippen LogP contribution is 2.18. The van der Waals surface area contributed by atoms with Crippen LogP contribution >= 0.6 is 0 Å². The first kappa shape index (κ1) is 15.7. The second-order valence-electron chi connectivity index (χ2n) is 4.90. The number of nitrogens with zero attached hydrogens (tertiary/aromatic N) is 3. The van der Waals surface area contributed by atoms with Crippen LogP contribution in [0.5, 0.6) is 0 Å². The number of nitrogens with one attached hydrogen (secondary N) is 2. The van der Waals surface area contributed by atoms with Gasteiger partial charge in [-0.15, -0.1) is 0 Å². The quantitative estimate of drug-likeness (QED) is 0.566. The van der Waals surface area contributed by atoms with Gasteiger partial charge in [-0.25, -0.2) is 23.1 Å². The number of H-pyrrole nitrogens is 1. The van der Waals surface area contributed by atoms with Crippen molar-refractivity contribution in [1.29, 1.82) is 0 Å². The van der Waals surface area contributed by atoms with Crippen LogP contribution in [0, 0.1) is 24.4 Å². The van der Waals surface area contributed by atoms with E-state index in [1.54, 1.807) is 13.0 Å². The van der Waals surface area contributed by atoms with Crippen LogP contribution in [0.4, 0.5) is 24.8 Å². The first-order valence-corrected chi connectivity index (χ1v) is 6.75. The van der Waals surface area contributed by atoms with E-state index in [2.05, 4.69) is 25.5 Å². The fourth-order valence-corrected chi connectivity index (χ4v) is 1.97. The van der Waals surface area contributed by atoms with Gasteiger partial charge in [-0.2, -0.15) is 5.10 Å².